The largest absolute Gasteiger partial charge is 0.496 e. The molecule has 0 saturated heterocycles. The van der Waals surface area contributed by atoms with Crippen molar-refractivity contribution in [2.45, 2.75) is 32.7 Å². The highest BCUT2D eigenvalue weighted by Crippen LogP contribution is 2.29. The lowest BCUT2D eigenvalue weighted by Crippen LogP contribution is -2.06. The van der Waals surface area contributed by atoms with E-state index < -0.39 is 0 Å². The number of rotatable bonds is 3. The Morgan fingerprint density at radius 1 is 1.40 bits per heavy atom. The number of aliphatic hydroxyl groups is 1. The molecule has 1 heterocycles. The average molecular weight is 208 g/mol. The Morgan fingerprint density at radius 3 is 2.67 bits per heavy atom. The maximum absolute atomic E-state index is 9.39. The van der Waals surface area contributed by atoms with Crippen LogP contribution in [0.1, 0.15) is 23.6 Å². The van der Waals surface area contributed by atoms with Crippen LogP contribution in [0.5, 0.6) is 5.75 Å². The first-order chi connectivity index (χ1) is 7.20. The molecule has 1 atom stereocenters. The van der Waals surface area contributed by atoms with Crippen LogP contribution in [0.3, 0.4) is 0 Å². The van der Waals surface area contributed by atoms with E-state index in [0.717, 1.165) is 11.3 Å². The van der Waals surface area contributed by atoms with Gasteiger partial charge in [-0.3, -0.25) is 0 Å². The van der Waals surface area contributed by atoms with E-state index in [2.05, 4.69) is 6.07 Å². The van der Waals surface area contributed by atoms with Gasteiger partial charge in [0.25, 0.3) is 0 Å². The second-order valence-electron chi connectivity index (χ2n) is 3.98. The molecular weight excluding hydrogens is 192 g/mol. The molecule has 0 fully saturated rings. The number of methoxy groups -OCH3 is 1. The van der Waals surface area contributed by atoms with Gasteiger partial charge in [0.15, 0.2) is 0 Å². The van der Waals surface area contributed by atoms with Crippen molar-refractivity contribution in [1.29, 1.82) is 0 Å². The summed E-state index contributed by atoms with van der Waals surface area (Å²) in [6.45, 7) is 3.12. The molecule has 15 heavy (non-hydrogen) atoms. The first-order valence-electron chi connectivity index (χ1n) is 5.15. The van der Waals surface area contributed by atoms with Gasteiger partial charge in [-0.1, -0.05) is 0 Å². The summed E-state index contributed by atoms with van der Waals surface area (Å²) in [5, 5.41) is 9.39. The van der Waals surface area contributed by atoms with E-state index in [9.17, 15) is 5.11 Å². The van der Waals surface area contributed by atoms with Crippen molar-refractivity contribution in [3.05, 3.63) is 28.8 Å². The molecule has 0 amide bonds. The van der Waals surface area contributed by atoms with Crippen LogP contribution < -0.4 is 4.74 Å². The van der Waals surface area contributed by atoms with Gasteiger partial charge in [-0.15, -0.1) is 0 Å². The first kappa shape index (κ1) is 10.5. The smallest absolute Gasteiger partial charge is 0.122 e. The third kappa shape index (κ3) is 2.13. The van der Waals surface area contributed by atoms with E-state index in [4.69, 9.17) is 9.47 Å². The van der Waals surface area contributed by atoms with Crippen LogP contribution in [-0.4, -0.2) is 18.3 Å². The second-order valence-corrected chi connectivity index (χ2v) is 3.98. The number of aliphatic hydroxyl groups excluding tert-OH is 1. The van der Waals surface area contributed by atoms with Crippen LogP contribution in [0.25, 0.3) is 0 Å². The van der Waals surface area contributed by atoms with Gasteiger partial charge in [0, 0.05) is 6.42 Å². The molecule has 0 bridgehead atoms. The molecule has 0 aromatic heterocycles. The zero-order chi connectivity index (χ0) is 10.8. The number of benzene rings is 1. The highest BCUT2D eigenvalue weighted by molar-refractivity contribution is 5.43. The van der Waals surface area contributed by atoms with E-state index in [1.165, 1.54) is 11.1 Å². The molecule has 3 heteroatoms. The monoisotopic (exact) mass is 208 g/mol. The lowest BCUT2D eigenvalue weighted by atomic mass is 10.0. The first-order valence-corrected chi connectivity index (χ1v) is 5.15. The summed E-state index contributed by atoms with van der Waals surface area (Å²) in [6, 6.07) is 4.09. The maximum atomic E-state index is 9.39. The fourth-order valence-corrected chi connectivity index (χ4v) is 1.93. The Morgan fingerprint density at radius 2 is 2.07 bits per heavy atom. The highest BCUT2D eigenvalue weighted by Gasteiger charge is 2.16. The molecule has 1 aliphatic rings. The second kappa shape index (κ2) is 4.21. The van der Waals surface area contributed by atoms with Gasteiger partial charge in [-0.25, -0.2) is 0 Å². The molecule has 0 aliphatic carbocycles. The van der Waals surface area contributed by atoms with Gasteiger partial charge in [-0.2, -0.15) is 0 Å². The summed E-state index contributed by atoms with van der Waals surface area (Å²) in [7, 11) is 1.66. The zero-order valence-corrected chi connectivity index (χ0v) is 9.12. The minimum absolute atomic E-state index is 0.348. The molecule has 82 valence electrons. The summed E-state index contributed by atoms with van der Waals surface area (Å²) in [5.41, 5.74) is 3.46. The van der Waals surface area contributed by atoms with Crippen molar-refractivity contribution in [3.8, 4) is 5.75 Å². The lowest BCUT2D eigenvalue weighted by molar-refractivity contribution is 0.134. The molecule has 2 rings (SSSR count). The number of hydrogen-bond donors (Lipinski definition) is 1. The fourth-order valence-electron chi connectivity index (χ4n) is 1.93. The normalized spacial score (nSPS) is 16.2. The van der Waals surface area contributed by atoms with Crippen molar-refractivity contribution in [1.82, 2.24) is 0 Å². The molecule has 0 spiro atoms. The van der Waals surface area contributed by atoms with Gasteiger partial charge >= 0.3 is 0 Å². The van der Waals surface area contributed by atoms with E-state index in [1.54, 1.807) is 14.0 Å². The van der Waals surface area contributed by atoms with Crippen LogP contribution in [-0.2, 0) is 24.4 Å². The van der Waals surface area contributed by atoms with Gasteiger partial charge in [0.2, 0.25) is 0 Å². The molecule has 0 radical (unpaired) electrons. The summed E-state index contributed by atoms with van der Waals surface area (Å²) in [6.07, 6.45) is 0.274. The standard InChI is InChI=1S/C12H16O3/c1-8(13)3-9-4-10-6-15-7-11(10)5-12(9)14-2/h4-5,8,13H,3,6-7H2,1-2H3. The van der Waals surface area contributed by atoms with E-state index >= 15 is 0 Å². The van der Waals surface area contributed by atoms with Crippen molar-refractivity contribution in [2.75, 3.05) is 7.11 Å². The van der Waals surface area contributed by atoms with Crippen molar-refractivity contribution < 1.29 is 14.6 Å². The van der Waals surface area contributed by atoms with Crippen LogP contribution >= 0.6 is 0 Å². The summed E-state index contributed by atoms with van der Waals surface area (Å²) in [4.78, 5) is 0. The van der Waals surface area contributed by atoms with Gasteiger partial charge in [0.1, 0.15) is 5.75 Å². The quantitative estimate of drug-likeness (QED) is 0.820. The predicted molar refractivity (Wildman–Crippen MR) is 56.9 cm³/mol. The van der Waals surface area contributed by atoms with E-state index in [-0.39, 0.29) is 6.10 Å². The van der Waals surface area contributed by atoms with Crippen LogP contribution in [0.15, 0.2) is 12.1 Å². The van der Waals surface area contributed by atoms with Crippen molar-refractivity contribution in [2.24, 2.45) is 0 Å². The fraction of sp³-hybridized carbons (Fsp3) is 0.500. The highest BCUT2D eigenvalue weighted by atomic mass is 16.5. The lowest BCUT2D eigenvalue weighted by Gasteiger charge is -2.12. The topological polar surface area (TPSA) is 38.7 Å². The van der Waals surface area contributed by atoms with Gasteiger partial charge in [0.05, 0.1) is 26.4 Å². The minimum Gasteiger partial charge on any atom is -0.496 e. The van der Waals surface area contributed by atoms with E-state index in [0.29, 0.717) is 19.6 Å². The summed E-state index contributed by atoms with van der Waals surface area (Å²) < 4.78 is 10.7. The van der Waals surface area contributed by atoms with E-state index in [1.807, 2.05) is 6.07 Å². The molecule has 1 aliphatic heterocycles. The number of hydrogen-bond acceptors (Lipinski definition) is 3. The van der Waals surface area contributed by atoms with Crippen molar-refractivity contribution >= 4 is 0 Å². The Kier molecular flexibility index (Phi) is 2.93. The Bertz CT molecular complexity index is 358. The zero-order valence-electron chi connectivity index (χ0n) is 9.12. The van der Waals surface area contributed by atoms with Gasteiger partial charge in [-0.05, 0) is 35.7 Å². The van der Waals surface area contributed by atoms with Crippen LogP contribution in [0.2, 0.25) is 0 Å². The number of fused-ring (bicyclic) bond motifs is 1. The molecule has 3 nitrogen and oxygen atoms in total. The summed E-state index contributed by atoms with van der Waals surface area (Å²) >= 11 is 0. The molecule has 1 aromatic rings. The van der Waals surface area contributed by atoms with Crippen molar-refractivity contribution in [3.63, 3.8) is 0 Å². The number of ether oxygens (including phenoxy) is 2. The molecule has 1 unspecified atom stereocenters. The summed E-state index contributed by atoms with van der Waals surface area (Å²) in [5.74, 6) is 0.847. The molecule has 0 saturated carbocycles. The molecular formula is C12H16O3. The Hall–Kier alpha value is -1.06. The predicted octanol–water partition coefficient (Wildman–Crippen LogP) is 1.65. The third-order valence-electron chi connectivity index (χ3n) is 2.63. The Labute approximate surface area is 89.6 Å². The maximum Gasteiger partial charge on any atom is 0.122 e. The third-order valence-corrected chi connectivity index (χ3v) is 2.63. The molecule has 1 aromatic carbocycles. The molecule has 1 N–H and O–H groups in total. The van der Waals surface area contributed by atoms with Crippen LogP contribution in [0, 0.1) is 0 Å². The average Bonchev–Trinajstić information content (AvgIpc) is 2.62. The SMILES string of the molecule is COc1cc2c(cc1CC(C)O)COC2. The van der Waals surface area contributed by atoms with Crippen LogP contribution in [0.4, 0.5) is 0 Å². The Balaban J connectivity index is 2.35. The minimum atomic E-state index is -0.348. The van der Waals surface area contributed by atoms with Gasteiger partial charge < -0.3 is 14.6 Å².